The Bertz CT molecular complexity index is 489. The van der Waals surface area contributed by atoms with Crippen molar-refractivity contribution in [2.45, 2.75) is 32.9 Å². The molecule has 1 atom stereocenters. The van der Waals surface area contributed by atoms with Crippen LogP contribution < -0.4 is 0 Å². The second kappa shape index (κ2) is 5.29. The van der Waals surface area contributed by atoms with Gasteiger partial charge in [-0.1, -0.05) is 12.1 Å². The average Bonchev–Trinajstić information content (AvgIpc) is 2.87. The minimum atomic E-state index is -0.647. The predicted molar refractivity (Wildman–Crippen MR) is 71.1 cm³/mol. The third kappa shape index (κ3) is 2.59. The van der Waals surface area contributed by atoms with Crippen molar-refractivity contribution in [1.82, 2.24) is 15.0 Å². The van der Waals surface area contributed by atoms with E-state index >= 15 is 0 Å². The number of hydrogen-bond donors (Lipinski definition) is 1. The summed E-state index contributed by atoms with van der Waals surface area (Å²) in [6.07, 6.45) is 1.95. The van der Waals surface area contributed by atoms with E-state index in [1.54, 1.807) is 22.2 Å². The van der Waals surface area contributed by atoms with Crippen LogP contribution in [0.3, 0.4) is 0 Å². The number of halogens is 1. The molecule has 0 aliphatic carbocycles. The van der Waals surface area contributed by atoms with Crippen LogP contribution in [0.25, 0.3) is 0 Å². The van der Waals surface area contributed by atoms with Gasteiger partial charge in [0, 0.05) is 11.4 Å². The Balaban J connectivity index is 2.29. The minimum Gasteiger partial charge on any atom is -0.381 e. The Labute approximate surface area is 112 Å². The molecule has 1 unspecified atom stereocenters. The van der Waals surface area contributed by atoms with Gasteiger partial charge in [0.1, 0.15) is 6.10 Å². The van der Waals surface area contributed by atoms with Gasteiger partial charge in [0.05, 0.1) is 15.7 Å². The minimum absolute atomic E-state index is 0.647. The summed E-state index contributed by atoms with van der Waals surface area (Å²) in [6.45, 7) is 4.86. The molecule has 2 aromatic rings. The topological polar surface area (TPSA) is 50.9 Å². The first kappa shape index (κ1) is 12.7. The molecule has 0 spiro atoms. The van der Waals surface area contributed by atoms with Crippen LogP contribution in [-0.2, 0) is 6.54 Å². The summed E-state index contributed by atoms with van der Waals surface area (Å²) in [7, 11) is 0. The highest BCUT2D eigenvalue weighted by Crippen LogP contribution is 2.33. The smallest absolute Gasteiger partial charge is 0.131 e. The van der Waals surface area contributed by atoms with Crippen molar-refractivity contribution in [2.24, 2.45) is 0 Å². The zero-order chi connectivity index (χ0) is 12.4. The fourth-order valence-corrected chi connectivity index (χ4v) is 3.20. The van der Waals surface area contributed by atoms with E-state index in [9.17, 15) is 5.11 Å². The predicted octanol–water partition coefficient (Wildman–Crippen LogP) is 2.90. The molecule has 2 heterocycles. The Kier molecular flexibility index (Phi) is 3.96. The maximum atomic E-state index is 10.3. The molecule has 0 amide bonds. The maximum absolute atomic E-state index is 10.3. The van der Waals surface area contributed by atoms with Crippen LogP contribution in [0.2, 0.25) is 0 Å². The van der Waals surface area contributed by atoms with E-state index in [0.29, 0.717) is 0 Å². The van der Waals surface area contributed by atoms with Gasteiger partial charge in [-0.15, -0.1) is 16.4 Å². The third-order valence-corrected chi connectivity index (χ3v) is 4.70. The summed E-state index contributed by atoms with van der Waals surface area (Å²) < 4.78 is 2.81. The molecule has 6 heteroatoms. The van der Waals surface area contributed by atoms with E-state index in [4.69, 9.17) is 0 Å². The number of hydrogen-bond acceptors (Lipinski definition) is 4. The van der Waals surface area contributed by atoms with Gasteiger partial charge in [-0.25, -0.2) is 4.68 Å². The first-order chi connectivity index (χ1) is 8.13. The van der Waals surface area contributed by atoms with E-state index in [0.717, 1.165) is 32.9 Å². The number of nitrogens with zero attached hydrogens (tertiary/aromatic N) is 3. The largest absolute Gasteiger partial charge is 0.381 e. The van der Waals surface area contributed by atoms with E-state index in [2.05, 4.69) is 33.2 Å². The van der Waals surface area contributed by atoms with Crippen molar-refractivity contribution in [1.29, 1.82) is 0 Å². The fourth-order valence-electron chi connectivity index (χ4n) is 1.63. The molecule has 92 valence electrons. The van der Waals surface area contributed by atoms with Crippen molar-refractivity contribution in [2.75, 3.05) is 0 Å². The van der Waals surface area contributed by atoms with Gasteiger partial charge in [0.25, 0.3) is 0 Å². The summed E-state index contributed by atoms with van der Waals surface area (Å²) >= 11 is 5.01. The zero-order valence-electron chi connectivity index (χ0n) is 9.72. The SMILES string of the molecule is CCCn1nncc1C(O)c1cc(C)c(Br)s1. The lowest BCUT2D eigenvalue weighted by Gasteiger charge is -2.09. The fraction of sp³-hybridized carbons (Fsp3) is 0.455. The van der Waals surface area contributed by atoms with Gasteiger partial charge in [0.2, 0.25) is 0 Å². The van der Waals surface area contributed by atoms with Crippen LogP contribution in [0.15, 0.2) is 16.0 Å². The van der Waals surface area contributed by atoms with Crippen LogP contribution in [-0.4, -0.2) is 20.1 Å². The molecular formula is C11H14BrN3OS. The summed E-state index contributed by atoms with van der Waals surface area (Å²) in [5, 5.41) is 18.2. The van der Waals surface area contributed by atoms with Crippen molar-refractivity contribution in [3.63, 3.8) is 0 Å². The molecule has 0 aromatic carbocycles. The van der Waals surface area contributed by atoms with Crippen LogP contribution in [0, 0.1) is 6.92 Å². The molecule has 17 heavy (non-hydrogen) atoms. The van der Waals surface area contributed by atoms with E-state index in [1.807, 2.05) is 13.0 Å². The molecule has 0 radical (unpaired) electrons. The van der Waals surface area contributed by atoms with Gasteiger partial charge >= 0.3 is 0 Å². The van der Waals surface area contributed by atoms with Gasteiger partial charge in [-0.3, -0.25) is 0 Å². The lowest BCUT2D eigenvalue weighted by atomic mass is 10.2. The molecular weight excluding hydrogens is 302 g/mol. The molecule has 0 bridgehead atoms. The van der Waals surface area contributed by atoms with Gasteiger partial charge < -0.3 is 5.11 Å². The van der Waals surface area contributed by atoms with Crippen molar-refractivity contribution >= 4 is 27.3 Å². The first-order valence-corrected chi connectivity index (χ1v) is 7.06. The van der Waals surface area contributed by atoms with Gasteiger partial charge in [-0.05, 0) is 40.9 Å². The van der Waals surface area contributed by atoms with Gasteiger partial charge in [0.15, 0.2) is 0 Å². The van der Waals surface area contributed by atoms with E-state index in [-0.39, 0.29) is 0 Å². The van der Waals surface area contributed by atoms with Gasteiger partial charge in [-0.2, -0.15) is 0 Å². The lowest BCUT2D eigenvalue weighted by molar-refractivity contribution is 0.211. The molecule has 0 saturated heterocycles. The van der Waals surface area contributed by atoms with Crippen LogP contribution in [0.1, 0.15) is 35.6 Å². The molecule has 0 aliphatic heterocycles. The van der Waals surface area contributed by atoms with E-state index in [1.165, 1.54) is 0 Å². The lowest BCUT2D eigenvalue weighted by Crippen LogP contribution is -2.09. The van der Waals surface area contributed by atoms with Crippen molar-refractivity contribution < 1.29 is 5.11 Å². The Hall–Kier alpha value is -0.720. The molecule has 1 N–H and O–H groups in total. The molecule has 2 aromatic heterocycles. The highest BCUT2D eigenvalue weighted by molar-refractivity contribution is 9.11. The second-order valence-corrected chi connectivity index (χ2v) is 6.29. The van der Waals surface area contributed by atoms with Crippen LogP contribution >= 0.6 is 27.3 Å². The number of aryl methyl sites for hydroxylation is 2. The highest BCUT2D eigenvalue weighted by atomic mass is 79.9. The van der Waals surface area contributed by atoms with Crippen molar-refractivity contribution in [3.8, 4) is 0 Å². The average molecular weight is 316 g/mol. The van der Waals surface area contributed by atoms with Crippen LogP contribution in [0.5, 0.6) is 0 Å². The van der Waals surface area contributed by atoms with E-state index < -0.39 is 6.10 Å². The summed E-state index contributed by atoms with van der Waals surface area (Å²) in [5.74, 6) is 0. The molecule has 0 aliphatic rings. The molecule has 4 nitrogen and oxygen atoms in total. The normalized spacial score (nSPS) is 12.9. The summed E-state index contributed by atoms with van der Waals surface area (Å²) in [4.78, 5) is 0.911. The quantitative estimate of drug-likeness (QED) is 0.943. The number of aliphatic hydroxyl groups is 1. The standard InChI is InChI=1S/C11H14BrN3OS/c1-3-4-15-8(6-13-14-15)10(16)9-5-7(2)11(12)17-9/h5-6,10,16H,3-4H2,1-2H3. The highest BCUT2D eigenvalue weighted by Gasteiger charge is 2.18. The zero-order valence-corrected chi connectivity index (χ0v) is 12.1. The monoisotopic (exact) mass is 315 g/mol. The Morgan fingerprint density at radius 2 is 2.35 bits per heavy atom. The molecule has 0 fully saturated rings. The second-order valence-electron chi connectivity index (χ2n) is 3.89. The Morgan fingerprint density at radius 3 is 2.94 bits per heavy atom. The number of rotatable bonds is 4. The number of thiophene rings is 1. The first-order valence-electron chi connectivity index (χ1n) is 5.45. The summed E-state index contributed by atoms with van der Waals surface area (Å²) in [5.41, 5.74) is 1.89. The summed E-state index contributed by atoms with van der Waals surface area (Å²) in [6, 6.07) is 1.99. The third-order valence-electron chi connectivity index (χ3n) is 2.51. The maximum Gasteiger partial charge on any atom is 0.131 e. The number of aliphatic hydroxyl groups excluding tert-OH is 1. The van der Waals surface area contributed by atoms with Crippen molar-refractivity contribution in [3.05, 3.63) is 32.2 Å². The Morgan fingerprint density at radius 1 is 1.59 bits per heavy atom. The number of aromatic nitrogens is 3. The van der Waals surface area contributed by atoms with Crippen LogP contribution in [0.4, 0.5) is 0 Å². The molecule has 2 rings (SSSR count). The molecule has 0 saturated carbocycles.